The topological polar surface area (TPSA) is 47.0 Å². The Bertz CT molecular complexity index is 320. The van der Waals surface area contributed by atoms with Crippen molar-refractivity contribution in [1.82, 2.24) is 9.97 Å². The molecule has 0 aliphatic carbocycles. The van der Waals surface area contributed by atoms with E-state index in [1.165, 1.54) is 0 Å². The van der Waals surface area contributed by atoms with E-state index >= 15 is 0 Å². The number of anilines is 1. The first-order valence-corrected chi connectivity index (χ1v) is 5.77. The lowest BCUT2D eigenvalue weighted by Gasteiger charge is -2.11. The highest BCUT2D eigenvalue weighted by Gasteiger charge is 2.10. The van der Waals surface area contributed by atoms with Crippen LogP contribution in [0.3, 0.4) is 0 Å². The minimum Gasteiger partial charge on any atom is -0.374 e. The Hall–Kier alpha value is -0.680. The highest BCUT2D eigenvalue weighted by atomic mass is 79.9. The molecule has 1 heterocycles. The van der Waals surface area contributed by atoms with Crippen molar-refractivity contribution in [2.24, 2.45) is 0 Å². The maximum atomic E-state index is 5.17. The predicted molar refractivity (Wildman–Crippen MR) is 63.9 cm³/mol. The molecule has 0 aliphatic heterocycles. The Morgan fingerprint density at radius 1 is 1.60 bits per heavy atom. The highest BCUT2D eigenvalue weighted by Crippen LogP contribution is 2.21. The van der Waals surface area contributed by atoms with E-state index in [4.69, 9.17) is 4.74 Å². The molecule has 15 heavy (non-hydrogen) atoms. The number of halogens is 1. The van der Waals surface area contributed by atoms with Gasteiger partial charge in [-0.15, -0.1) is 0 Å². The number of rotatable bonds is 5. The summed E-state index contributed by atoms with van der Waals surface area (Å²) >= 11 is 3.40. The van der Waals surface area contributed by atoms with E-state index in [9.17, 15) is 0 Å². The predicted octanol–water partition coefficient (Wildman–Crippen LogP) is 2.77. The normalized spacial score (nSPS) is 12.5. The van der Waals surface area contributed by atoms with Gasteiger partial charge in [-0.1, -0.05) is 6.92 Å². The van der Waals surface area contributed by atoms with Gasteiger partial charge in [0.1, 0.15) is 11.9 Å². The van der Waals surface area contributed by atoms with Gasteiger partial charge in [0.2, 0.25) is 0 Å². The van der Waals surface area contributed by atoms with E-state index < -0.39 is 0 Å². The molecule has 1 N–H and O–H groups in total. The summed E-state index contributed by atoms with van der Waals surface area (Å²) in [6.07, 6.45) is 2.72. The van der Waals surface area contributed by atoms with E-state index in [1.807, 2.05) is 6.92 Å². The molecule has 0 spiro atoms. The average molecular weight is 274 g/mol. The number of aromatic nitrogens is 2. The average Bonchev–Trinajstić information content (AvgIpc) is 2.27. The molecule has 0 aliphatic rings. The molecule has 1 rings (SSSR count). The third-order valence-corrected chi connectivity index (χ3v) is 2.60. The number of nitrogens with one attached hydrogen (secondary N) is 1. The van der Waals surface area contributed by atoms with Gasteiger partial charge >= 0.3 is 0 Å². The highest BCUT2D eigenvalue weighted by molar-refractivity contribution is 9.10. The van der Waals surface area contributed by atoms with Crippen LogP contribution < -0.4 is 5.32 Å². The minimum atomic E-state index is -0.0831. The van der Waals surface area contributed by atoms with E-state index in [0.717, 1.165) is 23.3 Å². The van der Waals surface area contributed by atoms with Crippen molar-refractivity contribution >= 4 is 21.7 Å². The van der Waals surface area contributed by atoms with Crippen LogP contribution in [0.1, 0.15) is 32.2 Å². The zero-order valence-corrected chi connectivity index (χ0v) is 10.8. The van der Waals surface area contributed by atoms with Crippen molar-refractivity contribution in [3.63, 3.8) is 0 Å². The lowest BCUT2D eigenvalue weighted by molar-refractivity contribution is 0.112. The van der Waals surface area contributed by atoms with Gasteiger partial charge in [-0.25, -0.2) is 9.97 Å². The lowest BCUT2D eigenvalue weighted by atomic mass is 10.3. The molecule has 0 fully saturated rings. The second-order valence-corrected chi connectivity index (χ2v) is 4.08. The smallest absolute Gasteiger partial charge is 0.159 e. The van der Waals surface area contributed by atoms with Gasteiger partial charge in [0.15, 0.2) is 5.82 Å². The van der Waals surface area contributed by atoms with Crippen LogP contribution in [-0.2, 0) is 4.74 Å². The molecule has 0 aromatic carbocycles. The molecule has 0 amide bonds. The monoisotopic (exact) mass is 273 g/mol. The Kier molecular flexibility index (Phi) is 4.98. The molecule has 1 atom stereocenters. The summed E-state index contributed by atoms with van der Waals surface area (Å²) in [7, 11) is 1.65. The van der Waals surface area contributed by atoms with Crippen LogP contribution >= 0.6 is 15.9 Å². The summed E-state index contributed by atoms with van der Waals surface area (Å²) < 4.78 is 6.05. The first-order chi connectivity index (χ1) is 7.19. The molecule has 0 radical (unpaired) electrons. The summed E-state index contributed by atoms with van der Waals surface area (Å²) in [5.74, 6) is 1.52. The van der Waals surface area contributed by atoms with Gasteiger partial charge < -0.3 is 10.1 Å². The molecule has 0 bridgehead atoms. The SMILES string of the molecule is CCCNc1nc(C(C)OC)ncc1Br. The summed E-state index contributed by atoms with van der Waals surface area (Å²) in [6.45, 7) is 4.93. The first kappa shape index (κ1) is 12.4. The fourth-order valence-electron chi connectivity index (χ4n) is 1.05. The second kappa shape index (κ2) is 6.02. The van der Waals surface area contributed by atoms with Gasteiger partial charge in [-0.3, -0.25) is 0 Å². The molecule has 1 unspecified atom stereocenters. The van der Waals surface area contributed by atoms with Gasteiger partial charge in [0.25, 0.3) is 0 Å². The van der Waals surface area contributed by atoms with Crippen molar-refractivity contribution in [1.29, 1.82) is 0 Å². The quantitative estimate of drug-likeness (QED) is 0.896. The number of ether oxygens (including phenoxy) is 1. The number of nitrogens with zero attached hydrogens (tertiary/aromatic N) is 2. The van der Waals surface area contributed by atoms with Crippen LogP contribution in [-0.4, -0.2) is 23.6 Å². The Morgan fingerprint density at radius 2 is 2.33 bits per heavy atom. The van der Waals surface area contributed by atoms with E-state index in [0.29, 0.717) is 5.82 Å². The van der Waals surface area contributed by atoms with Crippen molar-refractivity contribution in [2.75, 3.05) is 19.0 Å². The van der Waals surface area contributed by atoms with Crippen LogP contribution in [0, 0.1) is 0 Å². The molecule has 0 saturated carbocycles. The number of hydrogen-bond acceptors (Lipinski definition) is 4. The number of methoxy groups -OCH3 is 1. The van der Waals surface area contributed by atoms with Gasteiger partial charge in [-0.2, -0.15) is 0 Å². The summed E-state index contributed by atoms with van der Waals surface area (Å²) in [6, 6.07) is 0. The van der Waals surface area contributed by atoms with Gasteiger partial charge in [0.05, 0.1) is 4.47 Å². The zero-order chi connectivity index (χ0) is 11.3. The van der Waals surface area contributed by atoms with Crippen LogP contribution in [0.4, 0.5) is 5.82 Å². The van der Waals surface area contributed by atoms with Gasteiger partial charge in [-0.05, 0) is 29.3 Å². The Labute approximate surface area is 98.6 Å². The fourth-order valence-corrected chi connectivity index (χ4v) is 1.38. The molecule has 0 saturated heterocycles. The van der Waals surface area contributed by atoms with Gasteiger partial charge in [0, 0.05) is 19.9 Å². The molecule has 1 aromatic rings. The summed E-state index contributed by atoms with van der Waals surface area (Å²) in [5, 5.41) is 3.23. The van der Waals surface area contributed by atoms with E-state index in [-0.39, 0.29) is 6.10 Å². The van der Waals surface area contributed by atoms with E-state index in [1.54, 1.807) is 13.3 Å². The molecule has 5 heteroatoms. The summed E-state index contributed by atoms with van der Waals surface area (Å²) in [4.78, 5) is 8.58. The van der Waals surface area contributed by atoms with Crippen LogP contribution in [0.25, 0.3) is 0 Å². The molecular weight excluding hydrogens is 258 g/mol. The maximum Gasteiger partial charge on any atom is 0.159 e. The molecular formula is C10H16BrN3O. The first-order valence-electron chi connectivity index (χ1n) is 4.98. The Balaban J connectivity index is 2.84. The maximum absolute atomic E-state index is 5.17. The third-order valence-electron chi connectivity index (χ3n) is 2.02. The summed E-state index contributed by atoms with van der Waals surface area (Å²) in [5.41, 5.74) is 0. The largest absolute Gasteiger partial charge is 0.374 e. The zero-order valence-electron chi connectivity index (χ0n) is 9.25. The molecule has 1 aromatic heterocycles. The molecule has 4 nitrogen and oxygen atoms in total. The second-order valence-electron chi connectivity index (χ2n) is 3.23. The van der Waals surface area contributed by atoms with Crippen molar-refractivity contribution < 1.29 is 4.74 Å². The van der Waals surface area contributed by atoms with Crippen molar-refractivity contribution in [3.05, 3.63) is 16.5 Å². The van der Waals surface area contributed by atoms with Crippen molar-refractivity contribution in [2.45, 2.75) is 26.4 Å². The van der Waals surface area contributed by atoms with Crippen LogP contribution in [0.15, 0.2) is 10.7 Å². The Morgan fingerprint density at radius 3 is 2.93 bits per heavy atom. The lowest BCUT2D eigenvalue weighted by Crippen LogP contribution is -2.08. The van der Waals surface area contributed by atoms with Crippen LogP contribution in [0.5, 0.6) is 0 Å². The fraction of sp³-hybridized carbons (Fsp3) is 0.600. The molecule has 84 valence electrons. The standard InChI is InChI=1S/C10H16BrN3O/c1-4-5-12-10-8(11)6-13-9(14-10)7(2)15-3/h6-7H,4-5H2,1-3H3,(H,12,13,14). The number of hydrogen-bond donors (Lipinski definition) is 1. The van der Waals surface area contributed by atoms with E-state index in [2.05, 4.69) is 38.1 Å². The van der Waals surface area contributed by atoms with Crippen molar-refractivity contribution in [3.8, 4) is 0 Å². The van der Waals surface area contributed by atoms with Crippen LogP contribution in [0.2, 0.25) is 0 Å². The third kappa shape index (κ3) is 3.43. The minimum absolute atomic E-state index is 0.0831.